The molecule has 2 N–H and O–H groups in total. The van der Waals surface area contributed by atoms with E-state index in [1.54, 1.807) is 20.4 Å². The van der Waals surface area contributed by atoms with Crippen molar-refractivity contribution in [2.24, 2.45) is 0 Å². The van der Waals surface area contributed by atoms with Gasteiger partial charge in [0.2, 0.25) is 0 Å². The second kappa shape index (κ2) is 8.57. The van der Waals surface area contributed by atoms with Crippen molar-refractivity contribution in [2.75, 3.05) is 32.8 Å². The molecule has 1 saturated heterocycles. The van der Waals surface area contributed by atoms with Crippen LogP contribution in [0.3, 0.4) is 0 Å². The van der Waals surface area contributed by atoms with Crippen molar-refractivity contribution >= 4 is 11.7 Å². The number of carbonyl (C=O) groups is 1. The molecule has 0 aliphatic carbocycles. The molecule has 0 atom stereocenters. The van der Waals surface area contributed by atoms with Crippen LogP contribution in [0.1, 0.15) is 24.4 Å². The number of hydrogen-bond acceptors (Lipinski definition) is 5. The highest BCUT2D eigenvalue weighted by atomic mass is 16.5. The average Bonchev–Trinajstić information content (AvgIpc) is 3.15. The van der Waals surface area contributed by atoms with E-state index < -0.39 is 0 Å². The Morgan fingerprint density at radius 3 is 2.77 bits per heavy atom. The number of hydrogen-bond donors (Lipinski definition) is 2. The van der Waals surface area contributed by atoms with E-state index in [4.69, 9.17) is 14.2 Å². The van der Waals surface area contributed by atoms with Crippen molar-refractivity contribution < 1.29 is 19.0 Å². The Hall–Kier alpha value is -2.74. The van der Waals surface area contributed by atoms with E-state index in [-0.39, 0.29) is 6.03 Å². The Labute approximate surface area is 152 Å². The number of carbonyl (C=O) groups excluding carboxylic acids is 1. The van der Waals surface area contributed by atoms with Crippen molar-refractivity contribution in [1.29, 1.82) is 0 Å². The summed E-state index contributed by atoms with van der Waals surface area (Å²) in [5.74, 6) is 1.28. The molecule has 2 heterocycles. The summed E-state index contributed by atoms with van der Waals surface area (Å²) in [6.07, 6.45) is 5.39. The fourth-order valence-corrected chi connectivity index (χ4v) is 2.90. The van der Waals surface area contributed by atoms with Gasteiger partial charge < -0.3 is 24.8 Å². The summed E-state index contributed by atoms with van der Waals surface area (Å²) in [6.45, 7) is 1.87. The molecular formula is C18H24N4O4. The van der Waals surface area contributed by atoms with Crippen LogP contribution in [0.2, 0.25) is 0 Å². The van der Waals surface area contributed by atoms with Crippen LogP contribution in [0.25, 0.3) is 0 Å². The fraction of sp³-hybridized carbons (Fsp3) is 0.444. The highest BCUT2D eigenvalue weighted by Crippen LogP contribution is 2.27. The van der Waals surface area contributed by atoms with Gasteiger partial charge >= 0.3 is 6.03 Å². The average molecular weight is 360 g/mol. The summed E-state index contributed by atoms with van der Waals surface area (Å²) < 4.78 is 17.7. The summed E-state index contributed by atoms with van der Waals surface area (Å²) in [7, 11) is 3.17. The van der Waals surface area contributed by atoms with Gasteiger partial charge in [-0.25, -0.2) is 4.79 Å². The lowest BCUT2D eigenvalue weighted by Gasteiger charge is -2.22. The topological polar surface area (TPSA) is 86.6 Å². The van der Waals surface area contributed by atoms with Crippen LogP contribution in [0, 0.1) is 0 Å². The SMILES string of the molecule is COc1ccc(CNC(=O)Nc2cnn(C3CCOCC3)c2)cc1OC. The zero-order chi connectivity index (χ0) is 18.4. The molecule has 1 fully saturated rings. The third kappa shape index (κ3) is 4.45. The van der Waals surface area contributed by atoms with Crippen LogP contribution in [-0.2, 0) is 11.3 Å². The maximum atomic E-state index is 12.1. The normalized spacial score (nSPS) is 14.7. The van der Waals surface area contributed by atoms with Crippen molar-refractivity contribution in [3.05, 3.63) is 36.2 Å². The fourth-order valence-electron chi connectivity index (χ4n) is 2.90. The van der Waals surface area contributed by atoms with Gasteiger partial charge in [-0.1, -0.05) is 6.07 Å². The first-order valence-electron chi connectivity index (χ1n) is 8.57. The number of amides is 2. The standard InChI is InChI=1S/C18H24N4O4/c1-24-16-4-3-13(9-17(16)25-2)10-19-18(23)21-14-11-20-22(12-14)15-5-7-26-8-6-15/h3-4,9,11-12,15H,5-8,10H2,1-2H3,(H2,19,21,23). The number of aromatic nitrogens is 2. The number of ether oxygens (including phenoxy) is 3. The van der Waals surface area contributed by atoms with Gasteiger partial charge in [-0.15, -0.1) is 0 Å². The van der Waals surface area contributed by atoms with Crippen LogP contribution < -0.4 is 20.1 Å². The van der Waals surface area contributed by atoms with Crippen LogP contribution in [0.15, 0.2) is 30.6 Å². The van der Waals surface area contributed by atoms with Crippen LogP contribution in [0.4, 0.5) is 10.5 Å². The lowest BCUT2D eigenvalue weighted by Crippen LogP contribution is -2.28. The summed E-state index contributed by atoms with van der Waals surface area (Å²) in [4.78, 5) is 12.1. The number of anilines is 1. The van der Waals surface area contributed by atoms with Crippen molar-refractivity contribution in [1.82, 2.24) is 15.1 Å². The third-order valence-corrected chi connectivity index (χ3v) is 4.33. The Morgan fingerprint density at radius 2 is 2.04 bits per heavy atom. The maximum Gasteiger partial charge on any atom is 0.319 e. The second-order valence-electron chi connectivity index (χ2n) is 6.05. The second-order valence-corrected chi connectivity index (χ2v) is 6.05. The van der Waals surface area contributed by atoms with E-state index in [0.717, 1.165) is 31.6 Å². The smallest absolute Gasteiger partial charge is 0.319 e. The number of nitrogens with zero attached hydrogens (tertiary/aromatic N) is 2. The molecule has 1 aliphatic rings. The Balaban J connectivity index is 1.52. The van der Waals surface area contributed by atoms with E-state index in [9.17, 15) is 4.79 Å². The molecule has 0 spiro atoms. The highest BCUT2D eigenvalue weighted by Gasteiger charge is 2.16. The summed E-state index contributed by atoms with van der Waals surface area (Å²) in [5.41, 5.74) is 1.58. The van der Waals surface area contributed by atoms with E-state index in [2.05, 4.69) is 15.7 Å². The van der Waals surface area contributed by atoms with Crippen LogP contribution in [-0.4, -0.2) is 43.2 Å². The minimum atomic E-state index is -0.286. The minimum absolute atomic E-state index is 0.286. The van der Waals surface area contributed by atoms with Crippen molar-refractivity contribution in [3.63, 3.8) is 0 Å². The van der Waals surface area contributed by atoms with Crippen LogP contribution >= 0.6 is 0 Å². The van der Waals surface area contributed by atoms with Crippen molar-refractivity contribution in [3.8, 4) is 11.5 Å². The maximum absolute atomic E-state index is 12.1. The lowest BCUT2D eigenvalue weighted by molar-refractivity contribution is 0.0662. The predicted octanol–water partition coefficient (Wildman–Crippen LogP) is 2.57. The number of methoxy groups -OCH3 is 2. The zero-order valence-corrected chi connectivity index (χ0v) is 15.0. The molecule has 1 aliphatic heterocycles. The van der Waals surface area contributed by atoms with Gasteiger partial charge in [0.25, 0.3) is 0 Å². The molecule has 140 valence electrons. The summed E-state index contributed by atoms with van der Waals surface area (Å²) in [5, 5.41) is 9.96. The summed E-state index contributed by atoms with van der Waals surface area (Å²) >= 11 is 0. The van der Waals surface area contributed by atoms with Gasteiger partial charge in [-0.05, 0) is 30.5 Å². The molecule has 0 radical (unpaired) electrons. The molecule has 1 aromatic carbocycles. The molecule has 8 nitrogen and oxygen atoms in total. The molecule has 0 bridgehead atoms. The number of benzene rings is 1. The number of nitrogens with one attached hydrogen (secondary N) is 2. The predicted molar refractivity (Wildman–Crippen MR) is 96.7 cm³/mol. The first-order chi connectivity index (χ1) is 12.7. The molecule has 1 aromatic heterocycles. The highest BCUT2D eigenvalue weighted by molar-refractivity contribution is 5.88. The quantitative estimate of drug-likeness (QED) is 0.827. The zero-order valence-electron chi connectivity index (χ0n) is 15.0. The molecular weight excluding hydrogens is 336 g/mol. The van der Waals surface area contributed by atoms with Gasteiger partial charge in [-0.2, -0.15) is 5.10 Å². The molecule has 8 heteroatoms. The van der Waals surface area contributed by atoms with Gasteiger partial charge in [0, 0.05) is 26.0 Å². The van der Waals surface area contributed by atoms with E-state index in [0.29, 0.717) is 29.8 Å². The largest absolute Gasteiger partial charge is 0.493 e. The molecule has 2 amide bonds. The summed E-state index contributed by atoms with van der Waals surface area (Å²) in [6, 6.07) is 5.57. The van der Waals surface area contributed by atoms with Crippen LogP contribution in [0.5, 0.6) is 11.5 Å². The molecule has 0 unspecified atom stereocenters. The van der Waals surface area contributed by atoms with E-state index >= 15 is 0 Å². The molecule has 2 aromatic rings. The Kier molecular flexibility index (Phi) is 5.96. The van der Waals surface area contributed by atoms with Gasteiger partial charge in [0.15, 0.2) is 11.5 Å². The minimum Gasteiger partial charge on any atom is -0.493 e. The number of urea groups is 1. The van der Waals surface area contributed by atoms with Crippen molar-refractivity contribution in [2.45, 2.75) is 25.4 Å². The first-order valence-corrected chi connectivity index (χ1v) is 8.57. The van der Waals surface area contributed by atoms with E-state index in [1.165, 1.54) is 0 Å². The molecule has 0 saturated carbocycles. The van der Waals surface area contributed by atoms with Gasteiger partial charge in [0.05, 0.1) is 32.1 Å². The first kappa shape index (κ1) is 18.1. The van der Waals surface area contributed by atoms with Gasteiger partial charge in [0.1, 0.15) is 0 Å². The molecule has 3 rings (SSSR count). The Morgan fingerprint density at radius 1 is 1.27 bits per heavy atom. The monoisotopic (exact) mass is 360 g/mol. The lowest BCUT2D eigenvalue weighted by atomic mass is 10.1. The Bertz CT molecular complexity index is 741. The van der Waals surface area contributed by atoms with E-state index in [1.807, 2.05) is 29.1 Å². The third-order valence-electron chi connectivity index (χ3n) is 4.33. The number of rotatable bonds is 6. The molecule has 26 heavy (non-hydrogen) atoms. The van der Waals surface area contributed by atoms with Gasteiger partial charge in [-0.3, -0.25) is 4.68 Å².